The van der Waals surface area contributed by atoms with Gasteiger partial charge in [0.15, 0.2) is 0 Å². The molecule has 0 saturated carbocycles. The normalized spacial score (nSPS) is 12.0. The molecule has 0 aliphatic rings. The Labute approximate surface area is 96.0 Å². The lowest BCUT2D eigenvalue weighted by atomic mass is 10.2. The highest BCUT2D eigenvalue weighted by Crippen LogP contribution is 2.12. The predicted octanol–water partition coefficient (Wildman–Crippen LogP) is 0.874. The lowest BCUT2D eigenvalue weighted by Gasteiger charge is -2.10. The molecule has 0 spiro atoms. The topological polar surface area (TPSA) is 86.9 Å². The second-order valence-corrected chi connectivity index (χ2v) is 5.47. The lowest BCUT2D eigenvalue weighted by Crippen LogP contribution is -2.33. The van der Waals surface area contributed by atoms with Crippen LogP contribution in [0.2, 0.25) is 0 Å². The van der Waals surface area contributed by atoms with Crippen LogP contribution in [-0.2, 0) is 16.6 Å². The van der Waals surface area contributed by atoms with Gasteiger partial charge < -0.3 is 0 Å². The molecule has 1 rings (SSSR count). The molecule has 0 amide bonds. The summed E-state index contributed by atoms with van der Waals surface area (Å²) in [5, 5.41) is 6.41. The first-order valence-electron chi connectivity index (χ1n) is 5.24. The Bertz CT molecular complexity index is 424. The fourth-order valence-electron chi connectivity index (χ4n) is 1.11. The summed E-state index contributed by atoms with van der Waals surface area (Å²) in [4.78, 5) is 0. The van der Waals surface area contributed by atoms with Crippen LogP contribution in [0.3, 0.4) is 0 Å². The average molecular weight is 246 g/mol. The van der Waals surface area contributed by atoms with Crippen LogP contribution >= 0.6 is 0 Å². The van der Waals surface area contributed by atoms with E-state index in [1.54, 1.807) is 6.20 Å². The van der Waals surface area contributed by atoms with Crippen molar-refractivity contribution >= 4 is 16.0 Å². The summed E-state index contributed by atoms with van der Waals surface area (Å²) in [6.07, 6.45) is 2.33. The van der Waals surface area contributed by atoms with Gasteiger partial charge in [-0.05, 0) is 12.3 Å². The zero-order chi connectivity index (χ0) is 12.2. The highest BCUT2D eigenvalue weighted by Gasteiger charge is 2.13. The predicted molar refractivity (Wildman–Crippen MR) is 63.3 cm³/mol. The number of anilines is 1. The van der Waals surface area contributed by atoms with Crippen molar-refractivity contribution in [2.45, 2.75) is 27.2 Å². The second kappa shape index (κ2) is 5.31. The highest BCUT2D eigenvalue weighted by atomic mass is 32.2. The monoisotopic (exact) mass is 246 g/mol. The zero-order valence-electron chi connectivity index (χ0n) is 9.74. The molecule has 0 saturated heterocycles. The van der Waals surface area contributed by atoms with Crippen LogP contribution in [0.1, 0.15) is 26.3 Å². The molecule has 16 heavy (non-hydrogen) atoms. The van der Waals surface area contributed by atoms with Gasteiger partial charge in [0.25, 0.3) is 10.2 Å². The molecule has 0 aliphatic heterocycles. The molecule has 1 heterocycles. The van der Waals surface area contributed by atoms with Gasteiger partial charge in [0.1, 0.15) is 5.82 Å². The minimum atomic E-state index is -3.50. The third-order valence-corrected chi connectivity index (χ3v) is 3.04. The largest absolute Gasteiger partial charge is 0.300 e. The van der Waals surface area contributed by atoms with E-state index >= 15 is 0 Å². The first-order valence-corrected chi connectivity index (χ1v) is 6.72. The van der Waals surface area contributed by atoms with Gasteiger partial charge in [-0.15, -0.1) is 0 Å². The van der Waals surface area contributed by atoms with Gasteiger partial charge in [-0.2, -0.15) is 18.2 Å². The molecule has 0 aromatic carbocycles. The molecule has 7 heteroatoms. The maximum atomic E-state index is 11.6. The highest BCUT2D eigenvalue weighted by molar-refractivity contribution is 7.90. The maximum absolute atomic E-state index is 11.6. The zero-order valence-corrected chi connectivity index (χ0v) is 10.6. The van der Waals surface area contributed by atoms with Crippen molar-refractivity contribution in [1.82, 2.24) is 14.9 Å². The quantitative estimate of drug-likeness (QED) is 0.696. The Kier molecular flexibility index (Phi) is 4.31. The van der Waals surface area contributed by atoms with E-state index in [4.69, 9.17) is 0 Å². The van der Waals surface area contributed by atoms with E-state index in [1.165, 1.54) is 0 Å². The molecule has 0 atom stereocenters. The molecule has 92 valence electrons. The van der Waals surface area contributed by atoms with Crippen LogP contribution < -0.4 is 9.44 Å². The van der Waals surface area contributed by atoms with E-state index in [0.717, 1.165) is 12.0 Å². The molecule has 1 aromatic heterocycles. The van der Waals surface area contributed by atoms with E-state index in [1.807, 2.05) is 20.8 Å². The van der Waals surface area contributed by atoms with E-state index < -0.39 is 10.2 Å². The van der Waals surface area contributed by atoms with Crippen molar-refractivity contribution in [2.75, 3.05) is 11.3 Å². The lowest BCUT2D eigenvalue weighted by molar-refractivity contribution is 0.564. The fourth-order valence-corrected chi connectivity index (χ4v) is 2.18. The van der Waals surface area contributed by atoms with Crippen LogP contribution in [0.4, 0.5) is 5.82 Å². The van der Waals surface area contributed by atoms with E-state index in [0.29, 0.717) is 12.4 Å². The number of aryl methyl sites for hydroxylation is 1. The summed E-state index contributed by atoms with van der Waals surface area (Å²) < 4.78 is 28.1. The van der Waals surface area contributed by atoms with Gasteiger partial charge in [0.2, 0.25) is 0 Å². The number of aromatic amines is 1. The van der Waals surface area contributed by atoms with E-state index in [2.05, 4.69) is 19.6 Å². The molecule has 0 radical (unpaired) electrons. The number of hydrogen-bond donors (Lipinski definition) is 3. The van der Waals surface area contributed by atoms with Gasteiger partial charge in [-0.1, -0.05) is 20.8 Å². The molecule has 0 fully saturated rings. The third-order valence-electron chi connectivity index (χ3n) is 2.02. The summed E-state index contributed by atoms with van der Waals surface area (Å²) in [6, 6.07) is 0. The summed E-state index contributed by atoms with van der Waals surface area (Å²) in [5.41, 5.74) is 0.843. The Hall–Kier alpha value is -1.08. The summed E-state index contributed by atoms with van der Waals surface area (Å²) in [7, 11) is -3.50. The first-order chi connectivity index (χ1) is 7.44. The number of aromatic nitrogens is 2. The van der Waals surface area contributed by atoms with Crippen LogP contribution in [0.15, 0.2) is 6.20 Å². The molecule has 0 aliphatic carbocycles. The van der Waals surface area contributed by atoms with Crippen molar-refractivity contribution in [1.29, 1.82) is 0 Å². The first kappa shape index (κ1) is 13.0. The molecular formula is C9H18N4O2S. The van der Waals surface area contributed by atoms with Gasteiger partial charge in [0.05, 0.1) is 6.20 Å². The summed E-state index contributed by atoms with van der Waals surface area (Å²) in [5.74, 6) is 0.697. The Morgan fingerprint density at radius 1 is 1.50 bits per heavy atom. The standard InChI is InChI=1S/C9H18N4O2S/c1-4-8-6-10-12-9(8)13-16(14,15)11-5-7(2)3/h6-7,11H,4-5H2,1-3H3,(H2,10,12,13). The Morgan fingerprint density at radius 3 is 2.75 bits per heavy atom. The SMILES string of the molecule is CCc1cn[nH]c1NS(=O)(=O)NCC(C)C. The van der Waals surface area contributed by atoms with E-state index in [-0.39, 0.29) is 5.92 Å². The Morgan fingerprint density at radius 2 is 2.19 bits per heavy atom. The van der Waals surface area contributed by atoms with Crippen molar-refractivity contribution in [2.24, 2.45) is 5.92 Å². The third kappa shape index (κ3) is 3.82. The minimum Gasteiger partial charge on any atom is -0.262 e. The van der Waals surface area contributed by atoms with Gasteiger partial charge >= 0.3 is 0 Å². The molecule has 0 bridgehead atoms. The van der Waals surface area contributed by atoms with Gasteiger partial charge in [0, 0.05) is 12.1 Å². The van der Waals surface area contributed by atoms with Crippen LogP contribution in [-0.4, -0.2) is 25.2 Å². The van der Waals surface area contributed by atoms with Crippen LogP contribution in [0.25, 0.3) is 0 Å². The van der Waals surface area contributed by atoms with Crippen molar-refractivity contribution < 1.29 is 8.42 Å². The fraction of sp³-hybridized carbons (Fsp3) is 0.667. The van der Waals surface area contributed by atoms with Crippen molar-refractivity contribution in [3.63, 3.8) is 0 Å². The smallest absolute Gasteiger partial charge is 0.262 e. The molecular weight excluding hydrogens is 228 g/mol. The molecule has 0 unspecified atom stereocenters. The van der Waals surface area contributed by atoms with Crippen molar-refractivity contribution in [3.8, 4) is 0 Å². The van der Waals surface area contributed by atoms with Gasteiger partial charge in [-0.3, -0.25) is 9.82 Å². The number of hydrogen-bond acceptors (Lipinski definition) is 3. The van der Waals surface area contributed by atoms with Crippen LogP contribution in [0.5, 0.6) is 0 Å². The maximum Gasteiger partial charge on any atom is 0.300 e. The second-order valence-electron chi connectivity index (χ2n) is 3.97. The molecule has 1 aromatic rings. The van der Waals surface area contributed by atoms with Crippen LogP contribution in [0, 0.1) is 5.92 Å². The van der Waals surface area contributed by atoms with Crippen molar-refractivity contribution in [3.05, 3.63) is 11.8 Å². The Balaban J connectivity index is 2.66. The summed E-state index contributed by atoms with van der Waals surface area (Å²) in [6.45, 7) is 6.22. The number of nitrogens with zero attached hydrogens (tertiary/aromatic N) is 1. The molecule has 6 nitrogen and oxygen atoms in total. The van der Waals surface area contributed by atoms with Gasteiger partial charge in [-0.25, -0.2) is 0 Å². The number of nitrogens with one attached hydrogen (secondary N) is 3. The van der Waals surface area contributed by atoms with E-state index in [9.17, 15) is 8.42 Å². The average Bonchev–Trinajstić information content (AvgIpc) is 2.61. The molecule has 3 N–H and O–H groups in total. The summed E-state index contributed by atoms with van der Waals surface area (Å²) >= 11 is 0. The number of rotatable bonds is 6. The minimum absolute atomic E-state index is 0.268. The number of H-pyrrole nitrogens is 1.